The number of hydrogen-bond acceptors (Lipinski definition) is 6. The van der Waals surface area contributed by atoms with Crippen LogP contribution >= 0.6 is 0 Å². The van der Waals surface area contributed by atoms with Gasteiger partial charge in [0.1, 0.15) is 12.6 Å². The molecule has 5 rings (SSSR count). The van der Waals surface area contributed by atoms with E-state index < -0.39 is 18.1 Å². The SMILES string of the molecule is O=C(NC(CCCCN(Cc1ccccn1)Cc1ccccn1)C(=O)O)OCC1c2ccccc2-c2ccccc21. The van der Waals surface area contributed by atoms with Crippen LogP contribution in [0.3, 0.4) is 0 Å². The Morgan fingerprint density at radius 2 is 1.37 bits per heavy atom. The number of carbonyl (C=O) groups excluding carboxylic acids is 1. The third kappa shape index (κ3) is 7.35. The average molecular weight is 551 g/mol. The molecule has 2 aromatic carbocycles. The van der Waals surface area contributed by atoms with Crippen molar-refractivity contribution in [3.8, 4) is 11.1 Å². The van der Waals surface area contributed by atoms with E-state index in [2.05, 4.69) is 32.3 Å². The molecule has 0 bridgehead atoms. The minimum atomic E-state index is -1.07. The molecule has 2 aromatic heterocycles. The molecule has 1 aliphatic carbocycles. The molecule has 210 valence electrons. The zero-order chi connectivity index (χ0) is 28.4. The quantitative estimate of drug-likeness (QED) is 0.208. The number of fused-ring (bicyclic) bond motifs is 3. The van der Waals surface area contributed by atoms with Gasteiger partial charge in [-0.3, -0.25) is 14.9 Å². The molecule has 8 heteroatoms. The van der Waals surface area contributed by atoms with Crippen LogP contribution in [0.2, 0.25) is 0 Å². The number of carbonyl (C=O) groups is 2. The largest absolute Gasteiger partial charge is 0.480 e. The van der Waals surface area contributed by atoms with Crippen molar-refractivity contribution in [1.29, 1.82) is 0 Å². The Bertz CT molecular complexity index is 1360. The van der Waals surface area contributed by atoms with Crippen molar-refractivity contribution in [1.82, 2.24) is 20.2 Å². The predicted molar refractivity (Wildman–Crippen MR) is 156 cm³/mol. The first-order valence-corrected chi connectivity index (χ1v) is 13.9. The number of aromatic nitrogens is 2. The summed E-state index contributed by atoms with van der Waals surface area (Å²) in [4.78, 5) is 35.7. The summed E-state index contributed by atoms with van der Waals surface area (Å²) in [5.74, 6) is -1.15. The van der Waals surface area contributed by atoms with Crippen molar-refractivity contribution in [2.24, 2.45) is 0 Å². The van der Waals surface area contributed by atoms with E-state index in [0.717, 1.165) is 46.6 Å². The lowest BCUT2D eigenvalue weighted by Crippen LogP contribution is -2.41. The number of carboxylic acids is 1. The summed E-state index contributed by atoms with van der Waals surface area (Å²) in [5, 5.41) is 12.3. The van der Waals surface area contributed by atoms with Gasteiger partial charge in [0.15, 0.2) is 0 Å². The molecule has 0 fully saturated rings. The van der Waals surface area contributed by atoms with Gasteiger partial charge in [0.05, 0.1) is 11.4 Å². The number of pyridine rings is 2. The van der Waals surface area contributed by atoms with Gasteiger partial charge in [-0.15, -0.1) is 0 Å². The average Bonchev–Trinajstić information content (AvgIpc) is 3.32. The van der Waals surface area contributed by atoms with Crippen molar-refractivity contribution in [2.45, 2.75) is 44.3 Å². The van der Waals surface area contributed by atoms with Crippen molar-refractivity contribution >= 4 is 12.1 Å². The standard InChI is InChI=1S/C33H34N4O4/c38-32(39)31(17-7-10-20-37(21-24-11-5-8-18-34-24)22-25-12-6-9-19-35-25)36-33(40)41-23-30-28-15-3-1-13-26(28)27-14-2-4-16-29(27)30/h1-6,8-9,11-16,18-19,30-31H,7,10,17,20-23H2,(H,36,40)(H,38,39). The van der Waals surface area contributed by atoms with E-state index in [1.54, 1.807) is 12.4 Å². The van der Waals surface area contributed by atoms with E-state index in [1.165, 1.54) is 0 Å². The van der Waals surface area contributed by atoms with E-state index in [1.807, 2.05) is 72.8 Å². The van der Waals surface area contributed by atoms with E-state index in [9.17, 15) is 14.7 Å². The highest BCUT2D eigenvalue weighted by molar-refractivity contribution is 5.81. The highest BCUT2D eigenvalue weighted by atomic mass is 16.5. The molecule has 41 heavy (non-hydrogen) atoms. The summed E-state index contributed by atoms with van der Waals surface area (Å²) in [7, 11) is 0. The van der Waals surface area contributed by atoms with Crippen LogP contribution in [0.1, 0.15) is 47.7 Å². The maximum atomic E-state index is 12.7. The van der Waals surface area contributed by atoms with Crippen LogP contribution in [0, 0.1) is 0 Å². The number of unbranched alkanes of at least 4 members (excludes halogenated alkanes) is 1. The number of nitrogens with zero attached hydrogens (tertiary/aromatic N) is 3. The number of nitrogens with one attached hydrogen (secondary N) is 1. The molecule has 8 nitrogen and oxygen atoms in total. The van der Waals surface area contributed by atoms with Gasteiger partial charge >= 0.3 is 12.1 Å². The number of carboxylic acid groups (broad SMARTS) is 1. The maximum absolute atomic E-state index is 12.7. The molecule has 0 spiro atoms. The molecule has 1 amide bonds. The van der Waals surface area contributed by atoms with Gasteiger partial charge in [0.25, 0.3) is 0 Å². The summed E-state index contributed by atoms with van der Waals surface area (Å²) in [5.41, 5.74) is 6.42. The number of rotatable bonds is 13. The van der Waals surface area contributed by atoms with Gasteiger partial charge in [-0.25, -0.2) is 9.59 Å². The Morgan fingerprint density at radius 1 is 0.805 bits per heavy atom. The number of alkyl carbamates (subject to hydrolysis) is 1. The zero-order valence-electron chi connectivity index (χ0n) is 22.9. The molecule has 1 aliphatic rings. The third-order valence-corrected chi connectivity index (χ3v) is 7.37. The highest BCUT2D eigenvalue weighted by Crippen LogP contribution is 2.44. The van der Waals surface area contributed by atoms with Gasteiger partial charge < -0.3 is 15.2 Å². The smallest absolute Gasteiger partial charge is 0.407 e. The molecule has 1 unspecified atom stereocenters. The summed E-state index contributed by atoms with van der Waals surface area (Å²) in [6.45, 7) is 2.21. The second kappa shape index (κ2) is 13.7. The molecule has 2 N–H and O–H groups in total. The van der Waals surface area contributed by atoms with Gasteiger partial charge in [-0.2, -0.15) is 0 Å². The first kappa shape index (κ1) is 28.0. The van der Waals surface area contributed by atoms with E-state index in [4.69, 9.17) is 4.74 Å². The lowest BCUT2D eigenvalue weighted by Gasteiger charge is -2.22. The minimum absolute atomic E-state index is 0.0828. The summed E-state index contributed by atoms with van der Waals surface area (Å²) < 4.78 is 5.56. The number of ether oxygens (including phenoxy) is 1. The Hall–Kier alpha value is -4.56. The van der Waals surface area contributed by atoms with Crippen molar-refractivity contribution in [3.05, 3.63) is 120 Å². The van der Waals surface area contributed by atoms with Crippen molar-refractivity contribution in [3.63, 3.8) is 0 Å². The van der Waals surface area contributed by atoms with Crippen LogP contribution in [0.15, 0.2) is 97.3 Å². The summed E-state index contributed by atoms with van der Waals surface area (Å²) in [6, 6.07) is 26.9. The van der Waals surface area contributed by atoms with Crippen molar-refractivity contribution in [2.75, 3.05) is 13.2 Å². The van der Waals surface area contributed by atoms with Crippen LogP contribution in [0.5, 0.6) is 0 Å². The minimum Gasteiger partial charge on any atom is -0.480 e. The Kier molecular flexibility index (Phi) is 9.34. The predicted octanol–water partition coefficient (Wildman–Crippen LogP) is 5.64. The molecular weight excluding hydrogens is 516 g/mol. The Labute approximate surface area is 240 Å². The Morgan fingerprint density at radius 3 is 1.90 bits per heavy atom. The fourth-order valence-corrected chi connectivity index (χ4v) is 5.38. The molecule has 4 aromatic rings. The second-order valence-corrected chi connectivity index (χ2v) is 10.2. The number of amides is 1. The number of aliphatic carboxylic acids is 1. The monoisotopic (exact) mass is 550 g/mol. The highest BCUT2D eigenvalue weighted by Gasteiger charge is 2.29. The molecule has 1 atom stereocenters. The molecular formula is C33H34N4O4. The topological polar surface area (TPSA) is 105 Å². The van der Waals surface area contributed by atoms with Gasteiger partial charge in [-0.1, -0.05) is 60.7 Å². The van der Waals surface area contributed by atoms with Crippen molar-refractivity contribution < 1.29 is 19.4 Å². The maximum Gasteiger partial charge on any atom is 0.407 e. The van der Waals surface area contributed by atoms with Crippen LogP contribution in [-0.4, -0.2) is 51.2 Å². The fraction of sp³-hybridized carbons (Fsp3) is 0.273. The molecule has 0 saturated carbocycles. The van der Waals surface area contributed by atoms with Crippen LogP contribution < -0.4 is 5.32 Å². The van der Waals surface area contributed by atoms with Crippen LogP contribution in [0.25, 0.3) is 11.1 Å². The lowest BCUT2D eigenvalue weighted by molar-refractivity contribution is -0.139. The lowest BCUT2D eigenvalue weighted by atomic mass is 9.98. The Balaban J connectivity index is 1.12. The van der Waals surface area contributed by atoms with Gasteiger partial charge in [0, 0.05) is 31.4 Å². The van der Waals surface area contributed by atoms with Crippen LogP contribution in [0.4, 0.5) is 4.79 Å². The molecule has 0 aliphatic heterocycles. The molecule has 0 radical (unpaired) electrons. The summed E-state index contributed by atoms with van der Waals surface area (Å²) >= 11 is 0. The summed E-state index contributed by atoms with van der Waals surface area (Å²) in [6.07, 6.45) is 4.53. The fourth-order valence-electron chi connectivity index (χ4n) is 5.38. The van der Waals surface area contributed by atoms with Gasteiger partial charge in [0.2, 0.25) is 0 Å². The molecule has 0 saturated heterocycles. The van der Waals surface area contributed by atoms with Gasteiger partial charge in [-0.05, 0) is 72.3 Å². The second-order valence-electron chi connectivity index (χ2n) is 10.2. The number of benzene rings is 2. The third-order valence-electron chi connectivity index (χ3n) is 7.37. The normalized spacial score (nSPS) is 12.9. The van der Waals surface area contributed by atoms with E-state index >= 15 is 0 Å². The molecule has 2 heterocycles. The zero-order valence-corrected chi connectivity index (χ0v) is 22.9. The van der Waals surface area contributed by atoms with E-state index in [-0.39, 0.29) is 12.5 Å². The van der Waals surface area contributed by atoms with Crippen LogP contribution in [-0.2, 0) is 22.6 Å². The van der Waals surface area contributed by atoms with E-state index in [0.29, 0.717) is 25.9 Å². The first-order chi connectivity index (χ1) is 20.1. The number of hydrogen-bond donors (Lipinski definition) is 2. The first-order valence-electron chi connectivity index (χ1n) is 13.9.